The van der Waals surface area contributed by atoms with Crippen LogP contribution < -0.4 is 0 Å². The van der Waals surface area contributed by atoms with E-state index in [9.17, 15) is 10.1 Å². The Hall–Kier alpha value is -2.16. The highest BCUT2D eigenvalue weighted by Gasteiger charge is 2.25. The first-order valence-corrected chi connectivity index (χ1v) is 5.12. The van der Waals surface area contributed by atoms with Crippen molar-refractivity contribution in [2.45, 2.75) is 6.42 Å². The van der Waals surface area contributed by atoms with Crippen molar-refractivity contribution in [2.75, 3.05) is 0 Å². The lowest BCUT2D eigenvalue weighted by Crippen LogP contribution is -1.91. The summed E-state index contributed by atoms with van der Waals surface area (Å²) in [6.45, 7) is 0. The van der Waals surface area contributed by atoms with Gasteiger partial charge in [0, 0.05) is 6.07 Å². The summed E-state index contributed by atoms with van der Waals surface area (Å²) < 4.78 is 0. The molecule has 0 unspecified atom stereocenters. The molecule has 16 heavy (non-hydrogen) atoms. The molecule has 0 fully saturated rings. The summed E-state index contributed by atoms with van der Waals surface area (Å²) in [6, 6.07) is 13.2. The maximum Gasteiger partial charge on any atom is 0.277 e. The van der Waals surface area contributed by atoms with Crippen LogP contribution in [0.3, 0.4) is 0 Å². The van der Waals surface area contributed by atoms with Crippen molar-refractivity contribution in [1.82, 2.24) is 0 Å². The Labute approximate surface area is 92.5 Å². The fourth-order valence-corrected chi connectivity index (χ4v) is 2.32. The van der Waals surface area contributed by atoms with Crippen LogP contribution in [0.1, 0.15) is 11.1 Å². The van der Waals surface area contributed by atoms with Gasteiger partial charge in [0.2, 0.25) is 0 Å². The Morgan fingerprint density at radius 1 is 1.00 bits per heavy atom. The fraction of sp³-hybridized carbons (Fsp3) is 0.0769. The van der Waals surface area contributed by atoms with Gasteiger partial charge in [-0.15, -0.1) is 0 Å². The summed E-state index contributed by atoms with van der Waals surface area (Å²) in [5.41, 5.74) is 4.23. The molecular weight excluding hydrogens is 202 g/mol. The van der Waals surface area contributed by atoms with E-state index in [-0.39, 0.29) is 10.6 Å². The average molecular weight is 211 g/mol. The van der Waals surface area contributed by atoms with Crippen LogP contribution in [0, 0.1) is 10.1 Å². The zero-order valence-corrected chi connectivity index (χ0v) is 8.51. The van der Waals surface area contributed by atoms with Gasteiger partial charge in [0.25, 0.3) is 5.69 Å². The lowest BCUT2D eigenvalue weighted by molar-refractivity contribution is -0.384. The van der Waals surface area contributed by atoms with Crippen molar-refractivity contribution in [1.29, 1.82) is 0 Å². The van der Waals surface area contributed by atoms with Gasteiger partial charge in [0.15, 0.2) is 0 Å². The normalized spacial score (nSPS) is 12.0. The van der Waals surface area contributed by atoms with Crippen LogP contribution in [0.15, 0.2) is 42.5 Å². The molecule has 0 aromatic heterocycles. The van der Waals surface area contributed by atoms with Crippen LogP contribution in [0.2, 0.25) is 0 Å². The van der Waals surface area contributed by atoms with Gasteiger partial charge in [0.05, 0.1) is 10.5 Å². The van der Waals surface area contributed by atoms with Crippen LogP contribution in [0.4, 0.5) is 5.69 Å². The second-order valence-electron chi connectivity index (χ2n) is 3.90. The van der Waals surface area contributed by atoms with Gasteiger partial charge in [-0.3, -0.25) is 10.1 Å². The van der Waals surface area contributed by atoms with Gasteiger partial charge < -0.3 is 0 Å². The molecule has 0 aliphatic heterocycles. The SMILES string of the molecule is O=[N+]([O-])c1cccc2c1-c1ccccc1C2. The van der Waals surface area contributed by atoms with Gasteiger partial charge in [0.1, 0.15) is 0 Å². The van der Waals surface area contributed by atoms with E-state index in [1.54, 1.807) is 12.1 Å². The van der Waals surface area contributed by atoms with Gasteiger partial charge in [-0.2, -0.15) is 0 Å². The van der Waals surface area contributed by atoms with Crippen molar-refractivity contribution in [2.24, 2.45) is 0 Å². The van der Waals surface area contributed by atoms with Gasteiger partial charge >= 0.3 is 0 Å². The molecule has 3 nitrogen and oxygen atoms in total. The molecule has 0 bridgehead atoms. The fourth-order valence-electron chi connectivity index (χ4n) is 2.32. The summed E-state index contributed by atoms with van der Waals surface area (Å²) in [4.78, 5) is 10.7. The highest BCUT2D eigenvalue weighted by molar-refractivity contribution is 5.83. The first-order chi connectivity index (χ1) is 7.77. The van der Waals surface area contributed by atoms with E-state index in [0.29, 0.717) is 0 Å². The Morgan fingerprint density at radius 2 is 1.75 bits per heavy atom. The molecule has 3 rings (SSSR count). The molecule has 0 spiro atoms. The minimum Gasteiger partial charge on any atom is -0.258 e. The van der Waals surface area contributed by atoms with E-state index in [1.807, 2.05) is 30.3 Å². The zero-order chi connectivity index (χ0) is 11.1. The number of rotatable bonds is 1. The third-order valence-corrected chi connectivity index (χ3v) is 2.99. The molecular formula is C13H9NO2. The van der Waals surface area contributed by atoms with Gasteiger partial charge in [-0.05, 0) is 23.1 Å². The third-order valence-electron chi connectivity index (χ3n) is 2.99. The first kappa shape index (κ1) is 9.09. The van der Waals surface area contributed by atoms with Crippen molar-refractivity contribution in [3.05, 3.63) is 63.7 Å². The van der Waals surface area contributed by atoms with Crippen molar-refractivity contribution in [3.63, 3.8) is 0 Å². The molecule has 78 valence electrons. The van der Waals surface area contributed by atoms with E-state index in [4.69, 9.17) is 0 Å². The highest BCUT2D eigenvalue weighted by atomic mass is 16.6. The van der Waals surface area contributed by atoms with Crippen molar-refractivity contribution >= 4 is 5.69 Å². The van der Waals surface area contributed by atoms with Crippen LogP contribution >= 0.6 is 0 Å². The number of nitro benzene ring substituents is 1. The maximum atomic E-state index is 11.0. The van der Waals surface area contributed by atoms with E-state index in [0.717, 1.165) is 23.1 Å². The standard InChI is InChI=1S/C13H9NO2/c15-14(16)12-7-3-5-10-8-9-4-1-2-6-11(9)13(10)12/h1-7H,8H2. The van der Waals surface area contributed by atoms with E-state index in [1.165, 1.54) is 5.56 Å². The van der Waals surface area contributed by atoms with Gasteiger partial charge in [-0.1, -0.05) is 36.4 Å². The molecule has 1 aliphatic carbocycles. The molecule has 2 aromatic carbocycles. The molecule has 0 amide bonds. The number of hydrogen-bond acceptors (Lipinski definition) is 2. The summed E-state index contributed by atoms with van der Waals surface area (Å²) in [5.74, 6) is 0. The predicted molar refractivity (Wildman–Crippen MR) is 61.3 cm³/mol. The molecule has 0 atom stereocenters. The van der Waals surface area contributed by atoms with Crippen LogP contribution in [-0.2, 0) is 6.42 Å². The summed E-state index contributed by atoms with van der Waals surface area (Å²) in [5, 5.41) is 11.0. The lowest BCUT2D eigenvalue weighted by atomic mass is 10.0. The minimum absolute atomic E-state index is 0.211. The Kier molecular flexibility index (Phi) is 1.80. The summed E-state index contributed by atoms with van der Waals surface area (Å²) >= 11 is 0. The number of nitro groups is 1. The zero-order valence-electron chi connectivity index (χ0n) is 8.51. The monoisotopic (exact) mass is 211 g/mol. The van der Waals surface area contributed by atoms with E-state index >= 15 is 0 Å². The number of fused-ring (bicyclic) bond motifs is 3. The Balaban J connectivity index is 2.33. The first-order valence-electron chi connectivity index (χ1n) is 5.12. The highest BCUT2D eigenvalue weighted by Crippen LogP contribution is 2.41. The average Bonchev–Trinajstić information content (AvgIpc) is 2.66. The van der Waals surface area contributed by atoms with E-state index < -0.39 is 0 Å². The quantitative estimate of drug-likeness (QED) is 0.458. The molecule has 0 saturated heterocycles. The second-order valence-corrected chi connectivity index (χ2v) is 3.90. The minimum atomic E-state index is -0.305. The van der Waals surface area contributed by atoms with Crippen LogP contribution in [-0.4, -0.2) is 4.92 Å². The molecule has 1 aliphatic rings. The molecule has 0 heterocycles. The van der Waals surface area contributed by atoms with Crippen molar-refractivity contribution in [3.8, 4) is 11.1 Å². The smallest absolute Gasteiger partial charge is 0.258 e. The molecule has 2 aromatic rings. The maximum absolute atomic E-state index is 11.0. The molecule has 0 radical (unpaired) electrons. The Bertz CT molecular complexity index is 590. The Morgan fingerprint density at radius 3 is 2.56 bits per heavy atom. The predicted octanol–water partition coefficient (Wildman–Crippen LogP) is 3.17. The molecule has 3 heteroatoms. The summed E-state index contributed by atoms with van der Waals surface area (Å²) in [6.07, 6.45) is 0.799. The summed E-state index contributed by atoms with van der Waals surface area (Å²) in [7, 11) is 0. The third kappa shape index (κ3) is 1.15. The van der Waals surface area contributed by atoms with E-state index in [2.05, 4.69) is 0 Å². The number of benzene rings is 2. The van der Waals surface area contributed by atoms with Gasteiger partial charge in [-0.25, -0.2) is 0 Å². The second kappa shape index (κ2) is 3.17. The topological polar surface area (TPSA) is 43.1 Å². The lowest BCUT2D eigenvalue weighted by Gasteiger charge is -2.01. The molecule has 0 N–H and O–H groups in total. The largest absolute Gasteiger partial charge is 0.277 e. The number of nitrogens with zero attached hydrogens (tertiary/aromatic N) is 1. The van der Waals surface area contributed by atoms with Crippen LogP contribution in [0.5, 0.6) is 0 Å². The number of hydrogen-bond donors (Lipinski definition) is 0. The molecule has 0 saturated carbocycles. The van der Waals surface area contributed by atoms with Crippen LogP contribution in [0.25, 0.3) is 11.1 Å². The van der Waals surface area contributed by atoms with Crippen molar-refractivity contribution < 1.29 is 4.92 Å².